The second kappa shape index (κ2) is 47.3. The van der Waals surface area contributed by atoms with E-state index in [1.807, 2.05) is 0 Å². The fourth-order valence-electron chi connectivity index (χ4n) is 18.0. The van der Waals surface area contributed by atoms with E-state index in [4.69, 9.17) is 66.3 Å². The highest BCUT2D eigenvalue weighted by atomic mass is 16.6. The molecule has 11 rings (SSSR count). The molecule has 0 heterocycles. The Hall–Kier alpha value is -12.9. The first-order valence-electron chi connectivity index (χ1n) is 51.3. The molecular weight excluding hydrogens is 1850 g/mol. The highest BCUT2D eigenvalue weighted by Crippen LogP contribution is 2.49. The first kappa shape index (κ1) is 113. The van der Waals surface area contributed by atoms with Gasteiger partial charge in [0.2, 0.25) is 0 Å². The summed E-state index contributed by atoms with van der Waals surface area (Å²) in [5.41, 5.74) is 16.0. The molecule has 0 fully saturated rings. The quantitative estimate of drug-likeness (QED) is 0.0292. The predicted molar refractivity (Wildman–Crippen MR) is 571 cm³/mol. The van der Waals surface area contributed by atoms with Crippen LogP contribution < -0.4 is 48.5 Å². The van der Waals surface area contributed by atoms with Gasteiger partial charge in [-0.15, -0.1) is 0 Å². The number of fused-ring (bicyclic) bond motifs is 16. The van der Waals surface area contributed by atoms with E-state index in [1.54, 1.807) is 65.8 Å². The zero-order valence-electron chi connectivity index (χ0n) is 92.1. The van der Waals surface area contributed by atoms with Crippen molar-refractivity contribution in [2.75, 3.05) is 103 Å². The number of anilines is 2. The normalized spacial score (nSPS) is 13.0. The molecule has 9 aromatic rings. The minimum atomic E-state index is -0.572. The number of carbonyl (C=O) groups excluding carboxylic acids is 8. The first-order valence-corrected chi connectivity index (χ1v) is 51.3. The molecule has 2 N–H and O–H groups in total. The van der Waals surface area contributed by atoms with Crippen LogP contribution in [0, 0.1) is 0 Å². The van der Waals surface area contributed by atoms with E-state index in [0.29, 0.717) is 124 Å². The van der Waals surface area contributed by atoms with Crippen LogP contribution in [0.3, 0.4) is 0 Å². The average Bonchev–Trinajstić information content (AvgIpc) is 0.757. The minimum absolute atomic E-state index is 0.121. The standard InChI is InChI=1S/C122H156N2O22/c1-31-133-101(127)67-141-109-77-41-73-49-89(115(7,8)9)50-74(42-78-54-92(118(16,17)18)58-82(110(78)142-68-102(128)134-32-2)46-86-62-95(121(25,26)27)61-85(113(86)145-71-105(131)137-35-5)45-81(109)57-91(53-77)117(13,14)15)107(73)139-65-99(125)123-97-37-39-98(40-38-97)124-100(126)66-140-108-75-43-79-55-93(119(19,20)21)59-83(111(79)143-69-103(129)135-33-3)47-87-63-96(122(28,29)30)64-88(114(87)146-72-106(132)138-36-6)48-84-60-94(120(22,23)24)56-80(112(84)144-70-104(130)136-34-4)44-76(108)52-90(51-75)116(10,11)12/h37-40,49-64H,31-36,41-48,65-72H2,1-30H3,(H,123,125)(H,124,126). The number of rotatable bonds is 32. The summed E-state index contributed by atoms with van der Waals surface area (Å²) in [4.78, 5) is 112. The van der Waals surface area contributed by atoms with Crippen molar-refractivity contribution in [2.24, 2.45) is 0 Å². The van der Waals surface area contributed by atoms with Crippen molar-refractivity contribution in [3.05, 3.63) is 255 Å². The highest BCUT2D eigenvalue weighted by Gasteiger charge is 2.36. The van der Waals surface area contributed by atoms with Gasteiger partial charge < -0.3 is 76.9 Å². The molecule has 786 valence electrons. The molecule has 2 aliphatic carbocycles. The Kier molecular flexibility index (Phi) is 36.8. The van der Waals surface area contributed by atoms with E-state index in [2.05, 4.69) is 274 Å². The topological polar surface area (TPSA) is 290 Å². The number of ether oxygens (including phenoxy) is 14. The van der Waals surface area contributed by atoms with Crippen LogP contribution in [0.15, 0.2) is 121 Å². The second-order valence-corrected chi connectivity index (χ2v) is 46.2. The molecule has 0 aliphatic heterocycles. The molecule has 24 nitrogen and oxygen atoms in total. The summed E-state index contributed by atoms with van der Waals surface area (Å²) in [6.07, 6.45) is 1.32. The molecule has 2 aliphatic rings. The summed E-state index contributed by atoms with van der Waals surface area (Å²) in [5, 5.41) is 6.14. The smallest absolute Gasteiger partial charge is 0.344 e. The molecule has 0 radical (unpaired) electrons. The van der Waals surface area contributed by atoms with Gasteiger partial charge in [-0.1, -0.05) is 263 Å². The summed E-state index contributed by atoms with van der Waals surface area (Å²) in [5.74, 6) is -1.06. The van der Waals surface area contributed by atoms with Crippen LogP contribution in [0.2, 0.25) is 0 Å². The third kappa shape index (κ3) is 30.2. The number of benzene rings is 9. The molecule has 16 bridgehead atoms. The van der Waals surface area contributed by atoms with E-state index in [1.165, 1.54) is 0 Å². The van der Waals surface area contributed by atoms with Crippen molar-refractivity contribution < 1.29 is 105 Å². The molecule has 0 spiro atoms. The Labute approximate surface area is 865 Å². The third-order valence-corrected chi connectivity index (χ3v) is 25.9. The van der Waals surface area contributed by atoms with E-state index >= 15 is 9.59 Å². The van der Waals surface area contributed by atoms with Gasteiger partial charge in [0.05, 0.1) is 39.6 Å². The molecule has 24 heteroatoms. The molecule has 0 unspecified atom stereocenters. The van der Waals surface area contributed by atoms with Gasteiger partial charge >= 0.3 is 35.8 Å². The summed E-state index contributed by atoms with van der Waals surface area (Å²) < 4.78 is 88.7. The number of nitrogens with one attached hydrogen (secondary N) is 2. The Bertz CT molecular complexity index is 5620. The molecule has 0 atom stereocenters. The van der Waals surface area contributed by atoms with Gasteiger partial charge in [0.15, 0.2) is 52.9 Å². The Morgan fingerprint density at radius 1 is 0.192 bits per heavy atom. The van der Waals surface area contributed by atoms with E-state index in [0.717, 1.165) is 66.8 Å². The summed E-state index contributed by atoms with van der Waals surface area (Å²) in [6, 6.07) is 40.5. The summed E-state index contributed by atoms with van der Waals surface area (Å²) in [6.45, 7) is 59.0. The van der Waals surface area contributed by atoms with Crippen molar-refractivity contribution in [3.8, 4) is 46.0 Å². The van der Waals surface area contributed by atoms with Crippen LogP contribution >= 0.6 is 0 Å². The average molecular weight is 2000 g/mol. The molecule has 9 aromatic carbocycles. The Balaban J connectivity index is 1.02. The zero-order valence-corrected chi connectivity index (χ0v) is 92.1. The van der Waals surface area contributed by atoms with Crippen molar-refractivity contribution >= 4 is 59.0 Å². The van der Waals surface area contributed by atoms with Gasteiger partial charge in [-0.25, -0.2) is 28.8 Å². The lowest BCUT2D eigenvalue weighted by molar-refractivity contribution is -0.146. The summed E-state index contributed by atoms with van der Waals surface area (Å²) >= 11 is 0. The van der Waals surface area contributed by atoms with Crippen molar-refractivity contribution in [2.45, 2.75) is 302 Å². The van der Waals surface area contributed by atoms with Crippen molar-refractivity contribution in [1.82, 2.24) is 0 Å². The maximum atomic E-state index is 15.1. The molecule has 0 aromatic heterocycles. The fraction of sp³-hybridized carbons (Fsp3) is 0.492. The van der Waals surface area contributed by atoms with Crippen LogP contribution in [0.25, 0.3) is 0 Å². The van der Waals surface area contributed by atoms with Crippen molar-refractivity contribution in [3.63, 3.8) is 0 Å². The van der Waals surface area contributed by atoms with Gasteiger partial charge in [0.25, 0.3) is 11.8 Å². The largest absolute Gasteiger partial charge is 0.483 e. The molecule has 2 amide bonds. The van der Waals surface area contributed by atoms with Crippen LogP contribution in [-0.2, 0) is 161 Å². The van der Waals surface area contributed by atoms with Gasteiger partial charge in [0.1, 0.15) is 46.0 Å². The predicted octanol–water partition coefficient (Wildman–Crippen LogP) is 23.1. The fourth-order valence-corrected chi connectivity index (χ4v) is 18.0. The number of esters is 6. The summed E-state index contributed by atoms with van der Waals surface area (Å²) in [7, 11) is 0. The maximum Gasteiger partial charge on any atom is 0.344 e. The van der Waals surface area contributed by atoms with Crippen molar-refractivity contribution in [1.29, 1.82) is 0 Å². The van der Waals surface area contributed by atoms with Gasteiger partial charge in [-0.3, -0.25) is 9.59 Å². The molecule has 146 heavy (non-hydrogen) atoms. The van der Waals surface area contributed by atoms with E-state index in [9.17, 15) is 28.8 Å². The van der Waals surface area contributed by atoms with Gasteiger partial charge in [-0.2, -0.15) is 0 Å². The second-order valence-electron chi connectivity index (χ2n) is 46.2. The Morgan fingerprint density at radius 3 is 0.404 bits per heavy atom. The van der Waals surface area contributed by atoms with Gasteiger partial charge in [0, 0.05) is 62.7 Å². The minimum Gasteiger partial charge on any atom is -0.483 e. The highest BCUT2D eigenvalue weighted by molar-refractivity contribution is 5.94. The monoisotopic (exact) mass is 2000 g/mol. The van der Waals surface area contributed by atoms with Crippen LogP contribution in [0.1, 0.15) is 341 Å². The van der Waals surface area contributed by atoms with Gasteiger partial charge in [-0.05, 0) is 243 Å². The van der Waals surface area contributed by atoms with Crippen LogP contribution in [0.4, 0.5) is 11.4 Å². The Morgan fingerprint density at radius 2 is 0.301 bits per heavy atom. The lowest BCUT2D eigenvalue weighted by atomic mass is 9.79. The maximum absolute atomic E-state index is 15.1. The molecule has 0 saturated carbocycles. The first-order chi connectivity index (χ1) is 68.3. The SMILES string of the molecule is CCOC(=O)COc1c2cc(C(C)(C)C)cc1Cc1cc(C(C)(C)C)cc(c1OCC(=O)OCC)Cc1cc(C(C)(C)C)cc(c1OCC(=O)OCC)Cc1cc(C(C)(C)C)cc(c1OCC(=O)Nc1ccc(NC(=O)COc3c4cc(C(C)(C)C)cc3Cc3cc(C(C)(C)C)cc(c3OCC(=O)OCC)Cc3cc(C(C)(C)C)cc(c3OCC(=O)OCC)Cc3cc(C(C)(C)C)cc(c3OCC(=O)OCC)C4)cc1)C2. The van der Waals surface area contributed by atoms with Crippen LogP contribution in [0.5, 0.6) is 46.0 Å². The number of hydrogen-bond acceptors (Lipinski definition) is 22. The lowest BCUT2D eigenvalue weighted by Crippen LogP contribution is -2.23. The molecule has 0 saturated heterocycles. The number of amides is 2. The van der Waals surface area contributed by atoms with Crippen LogP contribution in [-0.4, -0.2) is 140 Å². The molecular formula is C122H156N2O22. The van der Waals surface area contributed by atoms with E-state index in [-0.39, 0.29) is 91.0 Å². The number of carbonyl (C=O) groups is 8. The lowest BCUT2D eigenvalue weighted by Gasteiger charge is -2.29. The third-order valence-electron chi connectivity index (χ3n) is 25.9. The van der Waals surface area contributed by atoms with E-state index < -0.39 is 144 Å². The number of hydrogen-bond donors (Lipinski definition) is 2. The zero-order chi connectivity index (χ0) is 107.